The number of hydrogen-bond acceptors (Lipinski definition) is 6. The fraction of sp³-hybridized carbons (Fsp3) is 0.481. The standard InChI is InChI=1S/C15H21NO4.C12H13Br2NO2/c1-14(9-16-2)8-15(14,13(17)18)10-5-6-11(19-3)12(7-10)20-4;1-15-6-8-5-12(8,11(16)17)7-2-3-9(13)10(14)4-7/h5-7,16H,8-9H2,1-4H3,(H,17,18);2-4,8,15H,5-6H2,1H3,(H,16,17)/t14-,15-;8-,12-/m00/s1. The molecule has 0 saturated heterocycles. The molecule has 0 bridgehead atoms. The Balaban J connectivity index is 0.000000208. The van der Waals surface area contributed by atoms with Crippen molar-refractivity contribution in [3.8, 4) is 11.5 Å². The van der Waals surface area contributed by atoms with Gasteiger partial charge in [-0.1, -0.05) is 19.1 Å². The van der Waals surface area contributed by atoms with Gasteiger partial charge in [-0.3, -0.25) is 9.59 Å². The summed E-state index contributed by atoms with van der Waals surface area (Å²) in [5.74, 6) is -0.176. The summed E-state index contributed by atoms with van der Waals surface area (Å²) in [5, 5.41) is 25.3. The molecule has 202 valence electrons. The Labute approximate surface area is 234 Å². The third kappa shape index (κ3) is 5.26. The van der Waals surface area contributed by atoms with E-state index in [9.17, 15) is 19.8 Å². The normalized spacial score (nSPS) is 27.5. The highest BCUT2D eigenvalue weighted by Crippen LogP contribution is 2.65. The number of benzene rings is 2. The number of rotatable bonds is 10. The largest absolute Gasteiger partial charge is 0.493 e. The van der Waals surface area contributed by atoms with Crippen LogP contribution in [0.15, 0.2) is 45.3 Å². The number of nitrogens with one attached hydrogen (secondary N) is 2. The molecule has 2 aromatic rings. The minimum absolute atomic E-state index is 0.179. The second-order valence-corrected chi connectivity index (χ2v) is 11.6. The van der Waals surface area contributed by atoms with Crippen LogP contribution in [0, 0.1) is 11.3 Å². The first-order chi connectivity index (χ1) is 17.5. The maximum Gasteiger partial charge on any atom is 0.314 e. The highest BCUT2D eigenvalue weighted by atomic mass is 79.9. The van der Waals surface area contributed by atoms with Crippen LogP contribution in [-0.2, 0) is 20.4 Å². The van der Waals surface area contributed by atoms with Crippen molar-refractivity contribution in [3.63, 3.8) is 0 Å². The van der Waals surface area contributed by atoms with Crippen LogP contribution in [0.2, 0.25) is 0 Å². The van der Waals surface area contributed by atoms with Gasteiger partial charge >= 0.3 is 11.9 Å². The van der Waals surface area contributed by atoms with Crippen molar-refractivity contribution < 1.29 is 29.3 Å². The van der Waals surface area contributed by atoms with Gasteiger partial charge in [0.15, 0.2) is 11.5 Å². The number of hydrogen-bond donors (Lipinski definition) is 4. The molecule has 2 fully saturated rings. The van der Waals surface area contributed by atoms with E-state index in [0.29, 0.717) is 30.9 Å². The second-order valence-electron chi connectivity index (χ2n) is 9.91. The van der Waals surface area contributed by atoms with Gasteiger partial charge in [-0.05, 0) is 107 Å². The lowest BCUT2D eigenvalue weighted by Gasteiger charge is -2.20. The van der Waals surface area contributed by atoms with Crippen molar-refractivity contribution in [3.05, 3.63) is 56.5 Å². The van der Waals surface area contributed by atoms with Crippen LogP contribution in [-0.4, -0.2) is 63.6 Å². The van der Waals surface area contributed by atoms with Crippen molar-refractivity contribution in [2.24, 2.45) is 11.3 Å². The van der Waals surface area contributed by atoms with E-state index in [-0.39, 0.29) is 11.3 Å². The number of carboxylic acids is 2. The first kappa shape index (κ1) is 29.4. The van der Waals surface area contributed by atoms with Crippen LogP contribution < -0.4 is 20.1 Å². The van der Waals surface area contributed by atoms with Crippen LogP contribution in [0.3, 0.4) is 0 Å². The van der Waals surface area contributed by atoms with Crippen molar-refractivity contribution in [2.45, 2.75) is 30.6 Å². The average Bonchev–Trinajstić information content (AvgIpc) is 3.74. The molecule has 0 heterocycles. The number of ether oxygens (including phenoxy) is 2. The minimum atomic E-state index is -0.852. The maximum atomic E-state index is 11.8. The first-order valence-corrected chi connectivity index (χ1v) is 13.5. The summed E-state index contributed by atoms with van der Waals surface area (Å²) in [6.45, 7) is 3.39. The van der Waals surface area contributed by atoms with Crippen LogP contribution in [0.1, 0.15) is 30.9 Å². The Bertz CT molecular complexity index is 1180. The summed E-state index contributed by atoms with van der Waals surface area (Å²) in [7, 11) is 6.80. The zero-order chi connectivity index (χ0) is 27.6. The van der Waals surface area contributed by atoms with Crippen molar-refractivity contribution in [2.75, 3.05) is 41.4 Å². The smallest absolute Gasteiger partial charge is 0.314 e. The predicted octanol–water partition coefficient (Wildman–Crippen LogP) is 4.43. The molecule has 4 rings (SSSR count). The number of halogens is 2. The molecular weight excluding hydrogens is 608 g/mol. The number of carbonyl (C=O) groups is 2. The molecule has 4 atom stereocenters. The van der Waals surface area contributed by atoms with Gasteiger partial charge in [-0.25, -0.2) is 0 Å². The summed E-state index contributed by atoms with van der Waals surface area (Å²) in [5.41, 5.74) is -0.199. The molecule has 8 nitrogen and oxygen atoms in total. The summed E-state index contributed by atoms with van der Waals surface area (Å²) >= 11 is 6.81. The van der Waals surface area contributed by atoms with Crippen molar-refractivity contribution >= 4 is 43.8 Å². The van der Waals surface area contributed by atoms with Gasteiger partial charge in [0.2, 0.25) is 0 Å². The van der Waals surface area contributed by atoms with E-state index in [2.05, 4.69) is 42.5 Å². The summed E-state index contributed by atoms with van der Waals surface area (Å²) in [6.07, 6.45) is 1.32. The first-order valence-electron chi connectivity index (χ1n) is 11.9. The molecule has 0 aromatic heterocycles. The van der Waals surface area contributed by atoms with Crippen LogP contribution in [0.5, 0.6) is 11.5 Å². The number of methoxy groups -OCH3 is 2. The Morgan fingerprint density at radius 1 is 0.946 bits per heavy atom. The lowest BCUT2D eigenvalue weighted by molar-refractivity contribution is -0.141. The quantitative estimate of drug-likeness (QED) is 0.301. The summed E-state index contributed by atoms with van der Waals surface area (Å²) in [4.78, 5) is 23.3. The van der Waals surface area contributed by atoms with Gasteiger partial charge in [0, 0.05) is 20.9 Å². The SMILES string of the molecule is CNC[C@@H]1C[C@]1(C(=O)O)c1ccc(Br)c(Br)c1.CNC[C@]1(C)C[C@@]1(C(=O)O)c1ccc(OC)c(OC)c1. The van der Waals surface area contributed by atoms with Crippen LogP contribution >= 0.6 is 31.9 Å². The molecule has 10 heteroatoms. The zero-order valence-corrected chi connectivity index (χ0v) is 24.8. The molecule has 0 spiro atoms. The highest BCUT2D eigenvalue weighted by molar-refractivity contribution is 9.13. The van der Waals surface area contributed by atoms with Crippen molar-refractivity contribution in [1.29, 1.82) is 0 Å². The van der Waals surface area contributed by atoms with Gasteiger partial charge in [0.1, 0.15) is 5.41 Å². The van der Waals surface area contributed by atoms with Crippen LogP contribution in [0.4, 0.5) is 0 Å². The third-order valence-electron chi connectivity index (χ3n) is 7.74. The van der Waals surface area contributed by atoms with E-state index in [4.69, 9.17) is 9.47 Å². The van der Waals surface area contributed by atoms with E-state index in [0.717, 1.165) is 26.6 Å². The van der Waals surface area contributed by atoms with Crippen LogP contribution in [0.25, 0.3) is 0 Å². The van der Waals surface area contributed by atoms with Gasteiger partial charge in [0.05, 0.1) is 19.6 Å². The Morgan fingerprint density at radius 3 is 2.11 bits per heavy atom. The average molecular weight is 642 g/mol. The van der Waals surface area contributed by atoms with Gasteiger partial charge in [-0.15, -0.1) is 0 Å². The topological polar surface area (TPSA) is 117 Å². The van der Waals surface area contributed by atoms with Gasteiger partial charge in [-0.2, -0.15) is 0 Å². The zero-order valence-electron chi connectivity index (χ0n) is 21.7. The lowest BCUT2D eigenvalue weighted by atomic mass is 9.86. The molecular formula is C27H34Br2N2O6. The monoisotopic (exact) mass is 640 g/mol. The van der Waals surface area contributed by atoms with E-state index in [1.54, 1.807) is 26.4 Å². The second kappa shape index (κ2) is 11.3. The predicted molar refractivity (Wildman–Crippen MR) is 149 cm³/mol. The molecule has 0 unspecified atom stereocenters. The number of aliphatic carboxylic acids is 2. The molecule has 37 heavy (non-hydrogen) atoms. The Kier molecular flexibility index (Phi) is 8.99. The third-order valence-corrected chi connectivity index (χ3v) is 9.62. The van der Waals surface area contributed by atoms with Gasteiger partial charge < -0.3 is 30.3 Å². The van der Waals surface area contributed by atoms with E-state index < -0.39 is 22.8 Å². The fourth-order valence-corrected chi connectivity index (χ4v) is 6.11. The molecule has 2 saturated carbocycles. The van der Waals surface area contributed by atoms with E-state index >= 15 is 0 Å². The van der Waals surface area contributed by atoms with Crippen molar-refractivity contribution in [1.82, 2.24) is 10.6 Å². The molecule has 2 aliphatic carbocycles. The summed E-state index contributed by atoms with van der Waals surface area (Å²) < 4.78 is 12.3. The molecule has 2 aromatic carbocycles. The van der Waals surface area contributed by atoms with E-state index in [1.165, 1.54) is 0 Å². The maximum absolute atomic E-state index is 11.8. The fourth-order valence-electron chi connectivity index (χ4n) is 5.49. The van der Waals surface area contributed by atoms with Gasteiger partial charge in [0.25, 0.3) is 0 Å². The minimum Gasteiger partial charge on any atom is -0.493 e. The molecule has 2 aliphatic rings. The van der Waals surface area contributed by atoms with E-state index in [1.807, 2.05) is 45.3 Å². The number of carboxylic acid groups (broad SMARTS) is 2. The molecule has 4 N–H and O–H groups in total. The Morgan fingerprint density at radius 2 is 1.59 bits per heavy atom. The molecule has 0 amide bonds. The lowest BCUT2D eigenvalue weighted by Crippen LogP contribution is -2.32. The molecule has 0 aliphatic heterocycles. The molecule has 0 radical (unpaired) electrons. The highest BCUT2D eigenvalue weighted by Gasteiger charge is 2.70. The summed E-state index contributed by atoms with van der Waals surface area (Å²) in [6, 6.07) is 11.0. The Hall–Kier alpha value is -2.14.